The van der Waals surface area contributed by atoms with E-state index in [0.29, 0.717) is 25.6 Å². The third-order valence-electron chi connectivity index (χ3n) is 1.79. The molecule has 88 valence electrons. The molecule has 0 N–H and O–H groups in total. The van der Waals surface area contributed by atoms with Gasteiger partial charge in [-0.05, 0) is 19.1 Å². The smallest absolute Gasteiger partial charge is 0.316 e. The van der Waals surface area contributed by atoms with Crippen molar-refractivity contribution < 1.29 is 14.3 Å². The number of benzene rings is 1. The highest BCUT2D eigenvalue weighted by Crippen LogP contribution is 2.16. The molecule has 0 amide bonds. The largest absolute Gasteiger partial charge is 0.463 e. The Morgan fingerprint density at radius 1 is 1.25 bits per heavy atom. The van der Waals surface area contributed by atoms with Gasteiger partial charge in [-0.1, -0.05) is 18.2 Å². The summed E-state index contributed by atoms with van der Waals surface area (Å²) in [6, 6.07) is 9.78. The van der Waals surface area contributed by atoms with E-state index in [4.69, 9.17) is 9.47 Å². The lowest BCUT2D eigenvalue weighted by Gasteiger charge is -2.04. The third-order valence-corrected chi connectivity index (χ3v) is 2.78. The van der Waals surface area contributed by atoms with Crippen LogP contribution in [0.15, 0.2) is 35.2 Å². The number of rotatable bonds is 7. The van der Waals surface area contributed by atoms with E-state index in [0.717, 1.165) is 4.90 Å². The fourth-order valence-electron chi connectivity index (χ4n) is 1.06. The maximum absolute atomic E-state index is 11.3. The second-order valence-corrected chi connectivity index (χ2v) is 4.07. The van der Waals surface area contributed by atoms with E-state index in [1.54, 1.807) is 0 Å². The first kappa shape index (κ1) is 13.1. The Hall–Kier alpha value is -1.00. The Balaban J connectivity index is 2.11. The molecule has 0 saturated heterocycles. The molecule has 0 aliphatic heterocycles. The highest BCUT2D eigenvalue weighted by molar-refractivity contribution is 8.00. The molecule has 0 radical (unpaired) electrons. The van der Waals surface area contributed by atoms with Crippen LogP contribution >= 0.6 is 11.8 Å². The van der Waals surface area contributed by atoms with Gasteiger partial charge in [-0.3, -0.25) is 4.79 Å². The van der Waals surface area contributed by atoms with Gasteiger partial charge in [0.2, 0.25) is 0 Å². The van der Waals surface area contributed by atoms with Gasteiger partial charge in [0, 0.05) is 11.5 Å². The minimum atomic E-state index is -0.200. The van der Waals surface area contributed by atoms with Crippen LogP contribution in [0.5, 0.6) is 0 Å². The maximum atomic E-state index is 11.3. The SMILES string of the molecule is CCOCCOC(=O)CSc1ccccc1. The van der Waals surface area contributed by atoms with Gasteiger partial charge in [0.25, 0.3) is 0 Å². The summed E-state index contributed by atoms with van der Waals surface area (Å²) >= 11 is 1.48. The minimum absolute atomic E-state index is 0.200. The number of carbonyl (C=O) groups excluding carboxylic acids is 1. The molecular weight excluding hydrogens is 224 g/mol. The van der Waals surface area contributed by atoms with Crippen molar-refractivity contribution in [2.24, 2.45) is 0 Å². The van der Waals surface area contributed by atoms with E-state index in [-0.39, 0.29) is 5.97 Å². The highest BCUT2D eigenvalue weighted by Gasteiger charge is 2.03. The van der Waals surface area contributed by atoms with Crippen LogP contribution in [0.1, 0.15) is 6.92 Å². The van der Waals surface area contributed by atoms with Crippen LogP contribution in [0.25, 0.3) is 0 Å². The molecule has 0 unspecified atom stereocenters. The van der Waals surface area contributed by atoms with E-state index in [1.807, 2.05) is 37.3 Å². The minimum Gasteiger partial charge on any atom is -0.463 e. The monoisotopic (exact) mass is 240 g/mol. The summed E-state index contributed by atoms with van der Waals surface area (Å²) in [6.45, 7) is 3.36. The van der Waals surface area contributed by atoms with Crippen molar-refractivity contribution in [2.45, 2.75) is 11.8 Å². The van der Waals surface area contributed by atoms with Crippen molar-refractivity contribution in [1.29, 1.82) is 0 Å². The second-order valence-electron chi connectivity index (χ2n) is 3.02. The van der Waals surface area contributed by atoms with E-state index in [1.165, 1.54) is 11.8 Å². The van der Waals surface area contributed by atoms with Crippen molar-refractivity contribution in [2.75, 3.05) is 25.6 Å². The summed E-state index contributed by atoms with van der Waals surface area (Å²) in [5.74, 6) is 0.143. The van der Waals surface area contributed by atoms with Gasteiger partial charge < -0.3 is 9.47 Å². The van der Waals surface area contributed by atoms with Crippen LogP contribution < -0.4 is 0 Å². The fraction of sp³-hybridized carbons (Fsp3) is 0.417. The van der Waals surface area contributed by atoms with Crippen molar-refractivity contribution in [3.8, 4) is 0 Å². The number of ether oxygens (including phenoxy) is 2. The fourth-order valence-corrected chi connectivity index (χ4v) is 1.78. The molecule has 0 aliphatic carbocycles. The Morgan fingerprint density at radius 2 is 2.00 bits per heavy atom. The van der Waals surface area contributed by atoms with Crippen molar-refractivity contribution in [3.63, 3.8) is 0 Å². The molecule has 0 saturated carbocycles. The molecule has 1 aromatic carbocycles. The predicted molar refractivity (Wildman–Crippen MR) is 64.6 cm³/mol. The van der Waals surface area contributed by atoms with Crippen molar-refractivity contribution in [1.82, 2.24) is 0 Å². The zero-order chi connectivity index (χ0) is 11.6. The molecule has 0 aromatic heterocycles. The van der Waals surface area contributed by atoms with Gasteiger partial charge in [0.15, 0.2) is 0 Å². The summed E-state index contributed by atoms with van der Waals surface area (Å²) in [6.07, 6.45) is 0. The van der Waals surface area contributed by atoms with Gasteiger partial charge in [-0.25, -0.2) is 0 Å². The molecular formula is C12H16O3S. The van der Waals surface area contributed by atoms with Gasteiger partial charge in [-0.2, -0.15) is 0 Å². The number of carbonyl (C=O) groups is 1. The molecule has 0 atom stereocenters. The standard InChI is InChI=1S/C12H16O3S/c1-2-14-8-9-15-12(13)10-16-11-6-4-3-5-7-11/h3-7H,2,8-10H2,1H3. The van der Waals surface area contributed by atoms with E-state index in [2.05, 4.69) is 0 Å². The van der Waals surface area contributed by atoms with Gasteiger partial charge >= 0.3 is 5.97 Å². The van der Waals surface area contributed by atoms with E-state index >= 15 is 0 Å². The normalized spacial score (nSPS) is 10.1. The third kappa shape index (κ3) is 5.78. The molecule has 16 heavy (non-hydrogen) atoms. The number of esters is 1. The molecule has 1 aromatic rings. The van der Waals surface area contributed by atoms with E-state index in [9.17, 15) is 4.79 Å². The summed E-state index contributed by atoms with van der Waals surface area (Å²) in [5, 5.41) is 0. The Bertz CT molecular complexity index is 300. The van der Waals surface area contributed by atoms with E-state index < -0.39 is 0 Å². The first-order valence-electron chi connectivity index (χ1n) is 5.24. The maximum Gasteiger partial charge on any atom is 0.316 e. The first-order chi connectivity index (χ1) is 7.83. The lowest BCUT2D eigenvalue weighted by molar-refractivity contribution is -0.141. The summed E-state index contributed by atoms with van der Waals surface area (Å²) < 4.78 is 10.0. The van der Waals surface area contributed by atoms with Crippen LogP contribution in [0.3, 0.4) is 0 Å². The molecule has 3 nitrogen and oxygen atoms in total. The first-order valence-corrected chi connectivity index (χ1v) is 6.22. The lowest BCUT2D eigenvalue weighted by Crippen LogP contribution is -2.12. The van der Waals surface area contributed by atoms with Crippen LogP contribution in [0, 0.1) is 0 Å². The molecule has 0 bridgehead atoms. The average molecular weight is 240 g/mol. The number of thioether (sulfide) groups is 1. The van der Waals surface area contributed by atoms with Crippen LogP contribution in [-0.2, 0) is 14.3 Å². The Labute approximate surface area is 100 Å². The quantitative estimate of drug-likeness (QED) is 0.416. The topological polar surface area (TPSA) is 35.5 Å². The molecule has 4 heteroatoms. The molecule has 0 heterocycles. The Kier molecular flexibility index (Phi) is 6.69. The lowest BCUT2D eigenvalue weighted by atomic mass is 10.4. The second kappa shape index (κ2) is 8.19. The average Bonchev–Trinajstić information content (AvgIpc) is 2.33. The van der Waals surface area contributed by atoms with Crippen molar-refractivity contribution >= 4 is 17.7 Å². The predicted octanol–water partition coefficient (Wildman–Crippen LogP) is 2.36. The highest BCUT2D eigenvalue weighted by atomic mass is 32.2. The zero-order valence-electron chi connectivity index (χ0n) is 9.35. The number of hydrogen-bond acceptors (Lipinski definition) is 4. The summed E-state index contributed by atoms with van der Waals surface area (Å²) in [7, 11) is 0. The molecule has 0 fully saturated rings. The number of hydrogen-bond donors (Lipinski definition) is 0. The molecule has 0 aliphatic rings. The summed E-state index contributed by atoms with van der Waals surface area (Å²) in [5.41, 5.74) is 0. The van der Waals surface area contributed by atoms with Gasteiger partial charge in [-0.15, -0.1) is 11.8 Å². The van der Waals surface area contributed by atoms with Crippen LogP contribution in [-0.4, -0.2) is 31.5 Å². The van der Waals surface area contributed by atoms with Crippen LogP contribution in [0.2, 0.25) is 0 Å². The van der Waals surface area contributed by atoms with Crippen molar-refractivity contribution in [3.05, 3.63) is 30.3 Å². The molecule has 1 rings (SSSR count). The van der Waals surface area contributed by atoms with Gasteiger partial charge in [0.1, 0.15) is 6.61 Å². The zero-order valence-corrected chi connectivity index (χ0v) is 10.2. The summed E-state index contributed by atoms with van der Waals surface area (Å²) in [4.78, 5) is 12.4. The Morgan fingerprint density at radius 3 is 2.69 bits per heavy atom. The molecule has 0 spiro atoms. The van der Waals surface area contributed by atoms with Gasteiger partial charge in [0.05, 0.1) is 12.4 Å². The van der Waals surface area contributed by atoms with Crippen LogP contribution in [0.4, 0.5) is 0 Å².